The van der Waals surface area contributed by atoms with Crippen LogP contribution >= 0.6 is 0 Å². The first-order valence-corrected chi connectivity index (χ1v) is 9.37. The fourth-order valence-electron chi connectivity index (χ4n) is 2.98. The van der Waals surface area contributed by atoms with Crippen molar-refractivity contribution in [3.63, 3.8) is 0 Å². The van der Waals surface area contributed by atoms with Crippen LogP contribution in [0.1, 0.15) is 40.5 Å². The fraction of sp³-hybridized carbons (Fsp3) is 0.364. The molecule has 2 aromatic rings. The Morgan fingerprint density at radius 3 is 2.57 bits per heavy atom. The number of pyridine rings is 1. The smallest absolute Gasteiger partial charge is 0.298 e. The Bertz CT molecular complexity index is 967. The molecule has 0 saturated carbocycles. The summed E-state index contributed by atoms with van der Waals surface area (Å²) in [6.45, 7) is 8.96. The van der Waals surface area contributed by atoms with E-state index in [1.54, 1.807) is 18.2 Å². The largest absolute Gasteiger partial charge is 0.485 e. The van der Waals surface area contributed by atoms with Crippen molar-refractivity contribution in [3.05, 3.63) is 51.9 Å². The lowest BCUT2D eigenvalue weighted by atomic mass is 10.1. The maximum Gasteiger partial charge on any atom is 0.298 e. The maximum absolute atomic E-state index is 12.8. The van der Waals surface area contributed by atoms with Gasteiger partial charge in [-0.15, -0.1) is 0 Å². The van der Waals surface area contributed by atoms with E-state index in [1.807, 2.05) is 19.9 Å². The van der Waals surface area contributed by atoms with Crippen LogP contribution in [0.3, 0.4) is 0 Å². The molecule has 150 valence electrons. The van der Waals surface area contributed by atoms with E-state index in [0.717, 1.165) is 12.8 Å². The summed E-state index contributed by atoms with van der Waals surface area (Å²) >= 11 is 0. The van der Waals surface area contributed by atoms with Crippen LogP contribution in [0.2, 0.25) is 0 Å². The first-order valence-electron chi connectivity index (χ1n) is 9.37. The average molecular weight is 384 g/mol. The maximum atomic E-state index is 12.8. The normalized spacial score (nSPS) is 11.4. The third-order valence-corrected chi connectivity index (χ3v) is 4.44. The summed E-state index contributed by atoms with van der Waals surface area (Å²) in [7, 11) is 0. The van der Waals surface area contributed by atoms with Crippen molar-refractivity contribution in [1.29, 1.82) is 0 Å². The minimum Gasteiger partial charge on any atom is -0.485 e. The van der Waals surface area contributed by atoms with E-state index >= 15 is 0 Å². The summed E-state index contributed by atoms with van der Waals surface area (Å²) in [6, 6.07) is 5.22. The summed E-state index contributed by atoms with van der Waals surface area (Å²) in [5, 5.41) is 0.670. The molecule has 2 rings (SSSR count). The second-order valence-corrected chi connectivity index (χ2v) is 6.88. The number of ether oxygens (including phenoxy) is 2. The van der Waals surface area contributed by atoms with Crippen LogP contribution in [0, 0.1) is 0 Å². The van der Waals surface area contributed by atoms with Crippen molar-refractivity contribution in [2.24, 2.45) is 0 Å². The van der Waals surface area contributed by atoms with Gasteiger partial charge in [-0.3, -0.25) is 9.59 Å². The van der Waals surface area contributed by atoms with Crippen LogP contribution < -0.4 is 20.8 Å². The Balaban J connectivity index is 2.39. The van der Waals surface area contributed by atoms with Crippen molar-refractivity contribution in [1.82, 2.24) is 4.57 Å². The number of benzene rings is 1. The molecule has 0 spiro atoms. The van der Waals surface area contributed by atoms with Gasteiger partial charge in [0.05, 0.1) is 5.52 Å². The van der Waals surface area contributed by atoms with Gasteiger partial charge in [-0.1, -0.05) is 17.2 Å². The molecule has 0 aliphatic rings. The van der Waals surface area contributed by atoms with Crippen LogP contribution in [-0.4, -0.2) is 17.6 Å². The van der Waals surface area contributed by atoms with Gasteiger partial charge in [0.15, 0.2) is 5.75 Å². The van der Waals surface area contributed by atoms with Gasteiger partial charge in [-0.25, -0.2) is 0 Å². The third-order valence-electron chi connectivity index (χ3n) is 4.44. The van der Waals surface area contributed by atoms with E-state index in [1.165, 1.54) is 15.7 Å². The first-order chi connectivity index (χ1) is 13.4. The highest BCUT2D eigenvalue weighted by molar-refractivity contribution is 5.90. The topological polar surface area (TPSA) is 83.5 Å². The predicted octanol–water partition coefficient (Wildman–Crippen LogP) is 4.21. The monoisotopic (exact) mass is 384 g/mol. The van der Waals surface area contributed by atoms with Gasteiger partial charge >= 0.3 is 0 Å². The quantitative estimate of drug-likeness (QED) is 0.398. The van der Waals surface area contributed by atoms with Gasteiger partial charge in [-0.2, -0.15) is 0 Å². The Morgan fingerprint density at radius 2 is 1.93 bits per heavy atom. The summed E-state index contributed by atoms with van der Waals surface area (Å²) in [5.41, 5.74) is 9.13. The van der Waals surface area contributed by atoms with Crippen molar-refractivity contribution >= 4 is 23.1 Å². The van der Waals surface area contributed by atoms with Crippen LogP contribution in [-0.2, 0) is 11.3 Å². The average Bonchev–Trinajstić information content (AvgIpc) is 2.64. The number of carbonyl (C=O) groups is 1. The third kappa shape index (κ3) is 5.03. The summed E-state index contributed by atoms with van der Waals surface area (Å²) < 4.78 is 12.4. The zero-order chi connectivity index (χ0) is 20.7. The molecule has 0 fully saturated rings. The lowest BCUT2D eigenvalue weighted by molar-refractivity contribution is -0.120. The van der Waals surface area contributed by atoms with Crippen molar-refractivity contribution in [2.75, 3.05) is 12.3 Å². The predicted molar refractivity (Wildman–Crippen MR) is 113 cm³/mol. The molecule has 28 heavy (non-hydrogen) atoms. The second kappa shape index (κ2) is 9.78. The number of anilines is 1. The SMILES string of the molecule is CCn1c(=O)c(OC=O)c(OC/C=C(\C)CCC=C(C)C)c2ccc(N)cc21. The number of hydrogen-bond acceptors (Lipinski definition) is 5. The molecular formula is C22H28N2O4. The van der Waals surface area contributed by atoms with Crippen molar-refractivity contribution in [3.8, 4) is 11.5 Å². The fourth-order valence-corrected chi connectivity index (χ4v) is 2.98. The number of nitrogens with two attached hydrogens (primary N) is 1. The molecule has 0 unspecified atom stereocenters. The van der Waals surface area contributed by atoms with E-state index in [0.29, 0.717) is 23.1 Å². The minimum atomic E-state index is -0.424. The molecular weight excluding hydrogens is 356 g/mol. The minimum absolute atomic E-state index is 0.107. The number of fused-ring (bicyclic) bond motifs is 1. The van der Waals surface area contributed by atoms with Gasteiger partial charge in [0.1, 0.15) is 6.61 Å². The number of nitrogens with zero attached hydrogens (tertiary/aromatic N) is 1. The second-order valence-electron chi connectivity index (χ2n) is 6.88. The molecule has 0 aliphatic heterocycles. The highest BCUT2D eigenvalue weighted by atomic mass is 16.5. The van der Waals surface area contributed by atoms with E-state index in [-0.39, 0.29) is 24.6 Å². The molecule has 6 nitrogen and oxygen atoms in total. The molecule has 1 aromatic heterocycles. The molecule has 0 aliphatic carbocycles. The molecule has 0 atom stereocenters. The number of nitrogen functional groups attached to an aromatic ring is 1. The van der Waals surface area contributed by atoms with Crippen LogP contribution in [0.15, 0.2) is 46.3 Å². The molecule has 6 heteroatoms. The molecule has 0 saturated heterocycles. The van der Waals surface area contributed by atoms with Crippen LogP contribution in [0.25, 0.3) is 10.9 Å². The van der Waals surface area contributed by atoms with Gasteiger partial charge in [0.25, 0.3) is 12.0 Å². The number of allylic oxidation sites excluding steroid dienone is 3. The van der Waals surface area contributed by atoms with Crippen LogP contribution in [0.5, 0.6) is 11.5 Å². The highest BCUT2D eigenvalue weighted by Gasteiger charge is 2.19. The number of aromatic nitrogens is 1. The Morgan fingerprint density at radius 1 is 1.18 bits per heavy atom. The van der Waals surface area contributed by atoms with E-state index in [2.05, 4.69) is 19.9 Å². The standard InChI is InChI=1S/C22H28N2O4/c1-5-24-19-13-17(23)9-10-18(19)20(21(22(24)26)28-14-25)27-12-11-16(4)8-6-7-15(2)3/h7,9-11,13-14H,5-6,8,12,23H2,1-4H3/b16-11+. The molecule has 0 amide bonds. The number of rotatable bonds is 9. The summed E-state index contributed by atoms with van der Waals surface area (Å²) in [5.74, 6) is 0.148. The molecule has 0 radical (unpaired) electrons. The number of carbonyl (C=O) groups excluding carboxylic acids is 1. The van der Waals surface area contributed by atoms with Gasteiger partial charge in [0.2, 0.25) is 5.75 Å². The Labute approximate surface area is 165 Å². The zero-order valence-electron chi connectivity index (χ0n) is 17.0. The van der Waals surface area contributed by atoms with E-state index < -0.39 is 5.56 Å². The summed E-state index contributed by atoms with van der Waals surface area (Å²) in [4.78, 5) is 23.7. The van der Waals surface area contributed by atoms with E-state index in [4.69, 9.17) is 15.2 Å². The summed E-state index contributed by atoms with van der Waals surface area (Å²) in [6.07, 6.45) is 6.06. The van der Waals surface area contributed by atoms with Gasteiger partial charge in [0, 0.05) is 17.6 Å². The number of aryl methyl sites for hydroxylation is 1. The number of hydrogen-bond donors (Lipinski definition) is 1. The zero-order valence-corrected chi connectivity index (χ0v) is 17.0. The van der Waals surface area contributed by atoms with Crippen LogP contribution in [0.4, 0.5) is 5.69 Å². The van der Waals surface area contributed by atoms with Crippen molar-refractivity contribution in [2.45, 2.75) is 47.1 Å². The highest BCUT2D eigenvalue weighted by Crippen LogP contribution is 2.33. The Kier molecular flexibility index (Phi) is 7.44. The van der Waals surface area contributed by atoms with Gasteiger partial charge < -0.3 is 19.8 Å². The molecule has 0 bridgehead atoms. The molecule has 2 N–H and O–H groups in total. The van der Waals surface area contributed by atoms with E-state index in [9.17, 15) is 9.59 Å². The van der Waals surface area contributed by atoms with Crippen molar-refractivity contribution < 1.29 is 14.3 Å². The molecule has 1 aromatic carbocycles. The lowest BCUT2D eigenvalue weighted by Crippen LogP contribution is -2.23. The first kappa shape index (κ1) is 21.3. The van der Waals surface area contributed by atoms with Gasteiger partial charge in [-0.05, 0) is 64.8 Å². The Hall–Kier alpha value is -3.02. The molecule has 1 heterocycles. The lowest BCUT2D eigenvalue weighted by Gasteiger charge is -2.16.